The van der Waals surface area contributed by atoms with Gasteiger partial charge in [-0.1, -0.05) is 0 Å². The van der Waals surface area contributed by atoms with Gasteiger partial charge >= 0.3 is 0 Å². The zero-order valence-corrected chi connectivity index (χ0v) is 19.7. The molecule has 10 heteroatoms. The summed E-state index contributed by atoms with van der Waals surface area (Å²) in [6.45, 7) is 0.851. The molecule has 1 fully saturated rings. The van der Waals surface area contributed by atoms with E-state index in [1.165, 1.54) is 12.1 Å². The first-order chi connectivity index (χ1) is 14.7. The number of halogens is 3. The molecule has 31 heavy (non-hydrogen) atoms. The van der Waals surface area contributed by atoms with Gasteiger partial charge in [0.15, 0.2) is 4.77 Å². The molecule has 166 valence electrons. The van der Waals surface area contributed by atoms with Crippen molar-refractivity contribution in [2.24, 2.45) is 7.05 Å². The molecule has 0 saturated carbocycles. The van der Waals surface area contributed by atoms with Gasteiger partial charge < -0.3 is 19.4 Å². The van der Waals surface area contributed by atoms with Gasteiger partial charge in [-0.2, -0.15) is 0 Å². The van der Waals surface area contributed by atoms with Gasteiger partial charge in [0, 0.05) is 62.5 Å². The van der Waals surface area contributed by atoms with Gasteiger partial charge in [-0.15, -0.1) is 0 Å². The summed E-state index contributed by atoms with van der Waals surface area (Å²) in [6.07, 6.45) is 1.55. The number of fused-ring (bicyclic) bond motifs is 1. The van der Waals surface area contributed by atoms with Crippen molar-refractivity contribution in [3.63, 3.8) is 0 Å². The Balaban J connectivity index is 1.54. The molecule has 0 radical (unpaired) electrons. The van der Waals surface area contributed by atoms with Gasteiger partial charge in [0.1, 0.15) is 11.6 Å². The van der Waals surface area contributed by atoms with Gasteiger partial charge in [-0.05, 0) is 53.1 Å². The Morgan fingerprint density at radius 2 is 2.03 bits per heavy atom. The lowest BCUT2D eigenvalue weighted by atomic mass is 9.95. The number of aromatic nitrogens is 2. The average Bonchev–Trinajstić information content (AvgIpc) is 3.23. The zero-order valence-electron chi connectivity index (χ0n) is 17.3. The lowest BCUT2D eigenvalue weighted by Gasteiger charge is -2.30. The molecule has 3 heterocycles. The summed E-state index contributed by atoms with van der Waals surface area (Å²) < 4.78 is 33.5. The molecule has 0 spiro atoms. The number of carbonyl (C=O) groups is 2. The van der Waals surface area contributed by atoms with Crippen LogP contribution in [0.1, 0.15) is 35.7 Å². The standard InChI is InChI=1S/C21H23BrF2N4O2S/c1-26-10-12(3-6-18(26)30)25-17(29)8-15-16-7-11(9-28(16)21(31)27(15)2)19-14(23)5-4-13(22)20(19)24/h4-5,11-12H,3,6-10H2,1-2H3,(H,25,29). The summed E-state index contributed by atoms with van der Waals surface area (Å²) in [7, 11) is 3.53. The van der Waals surface area contributed by atoms with E-state index in [0.29, 0.717) is 37.1 Å². The highest BCUT2D eigenvalue weighted by Crippen LogP contribution is 2.37. The van der Waals surface area contributed by atoms with Crippen molar-refractivity contribution >= 4 is 40.0 Å². The van der Waals surface area contributed by atoms with Crippen LogP contribution in [-0.4, -0.2) is 45.5 Å². The van der Waals surface area contributed by atoms with E-state index in [0.717, 1.165) is 11.4 Å². The number of hydrogen-bond donors (Lipinski definition) is 1. The minimum Gasteiger partial charge on any atom is -0.351 e. The first kappa shape index (κ1) is 22.1. The van der Waals surface area contributed by atoms with Gasteiger partial charge in [-0.25, -0.2) is 8.78 Å². The highest BCUT2D eigenvalue weighted by molar-refractivity contribution is 9.10. The molecule has 1 N–H and O–H groups in total. The summed E-state index contributed by atoms with van der Waals surface area (Å²) in [5, 5.41) is 3.00. The van der Waals surface area contributed by atoms with E-state index >= 15 is 0 Å². The van der Waals surface area contributed by atoms with Gasteiger partial charge in [0.2, 0.25) is 11.8 Å². The minimum absolute atomic E-state index is 0.0421. The highest BCUT2D eigenvalue weighted by Gasteiger charge is 2.33. The van der Waals surface area contributed by atoms with E-state index in [2.05, 4.69) is 21.2 Å². The van der Waals surface area contributed by atoms with E-state index in [9.17, 15) is 18.4 Å². The van der Waals surface area contributed by atoms with Crippen molar-refractivity contribution in [3.05, 3.63) is 50.0 Å². The van der Waals surface area contributed by atoms with Crippen molar-refractivity contribution in [3.8, 4) is 0 Å². The Morgan fingerprint density at radius 3 is 2.74 bits per heavy atom. The molecule has 0 aliphatic carbocycles. The Labute approximate surface area is 192 Å². The van der Waals surface area contributed by atoms with Gasteiger partial charge in [-0.3, -0.25) is 9.59 Å². The summed E-state index contributed by atoms with van der Waals surface area (Å²) in [5.41, 5.74) is 1.63. The number of likely N-dealkylation sites (N-methyl/N-ethyl adjacent to an activating group) is 1. The van der Waals surface area contributed by atoms with Gasteiger partial charge in [0.25, 0.3) is 0 Å². The first-order valence-corrected chi connectivity index (χ1v) is 11.3. The number of nitrogens with zero attached hydrogens (tertiary/aromatic N) is 3. The van der Waals surface area contributed by atoms with Crippen LogP contribution in [0.5, 0.6) is 0 Å². The maximum Gasteiger partial charge on any atom is 0.226 e. The normalized spacial score (nSPS) is 20.8. The lowest BCUT2D eigenvalue weighted by molar-refractivity contribution is -0.133. The number of benzene rings is 1. The Bertz CT molecular complexity index is 1130. The fourth-order valence-corrected chi connectivity index (χ4v) is 5.23. The Kier molecular flexibility index (Phi) is 6.04. The van der Waals surface area contributed by atoms with Crippen LogP contribution in [0, 0.1) is 16.4 Å². The predicted octanol–water partition coefficient (Wildman–Crippen LogP) is 3.22. The van der Waals surface area contributed by atoms with E-state index in [4.69, 9.17) is 12.2 Å². The number of likely N-dealkylation sites (tertiary alicyclic amines) is 1. The fraction of sp³-hybridized carbons (Fsp3) is 0.476. The van der Waals surface area contributed by atoms with Crippen LogP contribution in [0.3, 0.4) is 0 Å². The number of piperidine rings is 1. The Hall–Kier alpha value is -2.07. The van der Waals surface area contributed by atoms with Crippen molar-refractivity contribution in [2.75, 3.05) is 13.6 Å². The number of rotatable bonds is 4. The molecule has 2 amide bonds. The maximum atomic E-state index is 14.6. The summed E-state index contributed by atoms with van der Waals surface area (Å²) in [5.74, 6) is -1.65. The van der Waals surface area contributed by atoms with Crippen LogP contribution in [0.15, 0.2) is 16.6 Å². The summed E-state index contributed by atoms with van der Waals surface area (Å²) >= 11 is 8.66. The molecule has 4 rings (SSSR count). The van der Waals surface area contributed by atoms with Crippen molar-refractivity contribution < 1.29 is 18.4 Å². The van der Waals surface area contributed by atoms with E-state index in [1.807, 2.05) is 4.57 Å². The van der Waals surface area contributed by atoms with Crippen molar-refractivity contribution in [1.82, 2.24) is 19.4 Å². The summed E-state index contributed by atoms with van der Waals surface area (Å²) in [4.78, 5) is 26.0. The second-order valence-corrected chi connectivity index (χ2v) is 9.48. The number of amides is 2. The summed E-state index contributed by atoms with van der Waals surface area (Å²) in [6, 6.07) is 2.52. The number of imidazole rings is 1. The third-order valence-corrected chi connectivity index (χ3v) is 7.34. The number of hydrogen-bond acceptors (Lipinski definition) is 3. The molecule has 2 aliphatic rings. The fourth-order valence-electron chi connectivity index (χ4n) is 4.59. The molecule has 1 aromatic carbocycles. The molecule has 1 saturated heterocycles. The third-order valence-electron chi connectivity index (χ3n) is 6.23. The molecule has 0 bridgehead atoms. The van der Waals surface area contributed by atoms with Crippen LogP contribution in [0.4, 0.5) is 8.78 Å². The lowest BCUT2D eigenvalue weighted by Crippen LogP contribution is -2.48. The zero-order chi connectivity index (χ0) is 22.4. The first-order valence-electron chi connectivity index (χ1n) is 10.1. The molecule has 2 atom stereocenters. The number of carbonyl (C=O) groups excluding carboxylic acids is 2. The number of nitrogens with one attached hydrogen (secondary N) is 1. The average molecular weight is 513 g/mol. The molecule has 6 nitrogen and oxygen atoms in total. The van der Waals surface area contributed by atoms with E-state index in [-0.39, 0.29) is 34.3 Å². The highest BCUT2D eigenvalue weighted by atomic mass is 79.9. The van der Waals surface area contributed by atoms with E-state index < -0.39 is 17.6 Å². The predicted molar refractivity (Wildman–Crippen MR) is 117 cm³/mol. The smallest absolute Gasteiger partial charge is 0.226 e. The molecule has 1 aromatic heterocycles. The van der Waals surface area contributed by atoms with Crippen LogP contribution in [0.2, 0.25) is 0 Å². The maximum absolute atomic E-state index is 14.6. The van der Waals surface area contributed by atoms with Gasteiger partial charge in [0.05, 0.1) is 10.9 Å². The van der Waals surface area contributed by atoms with Crippen LogP contribution < -0.4 is 5.32 Å². The monoisotopic (exact) mass is 512 g/mol. The molecule has 2 aromatic rings. The van der Waals surface area contributed by atoms with Crippen molar-refractivity contribution in [2.45, 2.75) is 44.2 Å². The molecular weight excluding hydrogens is 490 g/mol. The van der Waals surface area contributed by atoms with Crippen LogP contribution >= 0.6 is 28.1 Å². The third kappa shape index (κ3) is 4.07. The van der Waals surface area contributed by atoms with Crippen LogP contribution in [0.25, 0.3) is 0 Å². The molecule has 2 unspecified atom stereocenters. The Morgan fingerprint density at radius 1 is 1.29 bits per heavy atom. The quantitative estimate of drug-likeness (QED) is 0.505. The molecule has 2 aliphatic heterocycles. The second kappa shape index (κ2) is 8.46. The van der Waals surface area contributed by atoms with Crippen molar-refractivity contribution in [1.29, 1.82) is 0 Å². The van der Waals surface area contributed by atoms with Crippen LogP contribution in [-0.2, 0) is 36.0 Å². The topological polar surface area (TPSA) is 59.3 Å². The molecular formula is C21H23BrF2N4O2S. The largest absolute Gasteiger partial charge is 0.351 e. The minimum atomic E-state index is -0.596. The van der Waals surface area contributed by atoms with E-state index in [1.54, 1.807) is 23.6 Å². The SMILES string of the molecule is CN1CC(NC(=O)Cc2c3n(c(=S)n2C)CC(c2c(F)ccc(Br)c2F)C3)CCC1=O. The second-order valence-electron chi connectivity index (χ2n) is 8.26.